The zero-order valence-corrected chi connectivity index (χ0v) is 17.8. The van der Waals surface area contributed by atoms with Crippen molar-refractivity contribution in [1.29, 1.82) is 0 Å². The van der Waals surface area contributed by atoms with Crippen molar-refractivity contribution in [3.8, 4) is 11.5 Å². The van der Waals surface area contributed by atoms with E-state index in [0.717, 1.165) is 18.4 Å². The van der Waals surface area contributed by atoms with E-state index in [2.05, 4.69) is 5.32 Å². The van der Waals surface area contributed by atoms with E-state index in [1.807, 2.05) is 18.2 Å². The standard InChI is InChI=1S/C23H25ClN2O4/c1-29-17-8-9-18(21(11-17)30-2)19-12-26(13-20(19)22(27)25-16-6-7-16)23(28)14-4-3-5-15(24)10-14/h3-5,8-11,16,19-20H,6-7,12-13H2,1-2H3,(H,25,27)/t19-,20+/m0/s1. The number of likely N-dealkylation sites (tertiary alicyclic amines) is 1. The maximum atomic E-state index is 13.1. The van der Waals surface area contributed by atoms with E-state index < -0.39 is 0 Å². The van der Waals surface area contributed by atoms with Crippen LogP contribution < -0.4 is 14.8 Å². The number of amides is 2. The van der Waals surface area contributed by atoms with Crippen LogP contribution in [0.5, 0.6) is 11.5 Å². The lowest BCUT2D eigenvalue weighted by molar-refractivity contribution is -0.125. The molecule has 2 amide bonds. The van der Waals surface area contributed by atoms with Gasteiger partial charge in [0.15, 0.2) is 0 Å². The Morgan fingerprint density at radius 1 is 1.07 bits per heavy atom. The van der Waals surface area contributed by atoms with Crippen LogP contribution in [0.4, 0.5) is 0 Å². The van der Waals surface area contributed by atoms with Gasteiger partial charge in [-0.2, -0.15) is 0 Å². The van der Waals surface area contributed by atoms with Gasteiger partial charge in [-0.05, 0) is 37.1 Å². The fourth-order valence-electron chi connectivity index (χ4n) is 4.02. The van der Waals surface area contributed by atoms with Crippen molar-refractivity contribution in [3.63, 3.8) is 0 Å². The Balaban J connectivity index is 1.64. The van der Waals surface area contributed by atoms with Crippen molar-refractivity contribution in [3.05, 3.63) is 58.6 Å². The SMILES string of the molecule is COc1ccc([C@@H]2CN(C(=O)c3cccc(Cl)c3)C[C@H]2C(=O)NC2CC2)c(OC)c1. The lowest BCUT2D eigenvalue weighted by atomic mass is 9.87. The van der Waals surface area contributed by atoms with Crippen molar-refractivity contribution >= 4 is 23.4 Å². The summed E-state index contributed by atoms with van der Waals surface area (Å²) < 4.78 is 10.9. The summed E-state index contributed by atoms with van der Waals surface area (Å²) in [7, 11) is 3.20. The molecule has 1 aliphatic carbocycles. The second kappa shape index (κ2) is 8.56. The van der Waals surface area contributed by atoms with Gasteiger partial charge in [-0.1, -0.05) is 23.7 Å². The molecule has 1 N–H and O–H groups in total. The third kappa shape index (κ3) is 4.24. The van der Waals surface area contributed by atoms with Crippen molar-refractivity contribution in [2.24, 2.45) is 5.92 Å². The number of hydrogen-bond acceptors (Lipinski definition) is 4. The summed E-state index contributed by atoms with van der Waals surface area (Å²) in [6.45, 7) is 0.778. The zero-order chi connectivity index (χ0) is 21.3. The number of carbonyl (C=O) groups is 2. The minimum absolute atomic E-state index is 0.0123. The lowest BCUT2D eigenvalue weighted by Crippen LogP contribution is -2.36. The fourth-order valence-corrected chi connectivity index (χ4v) is 4.21. The van der Waals surface area contributed by atoms with Crippen LogP contribution in [0.15, 0.2) is 42.5 Å². The third-order valence-corrected chi connectivity index (χ3v) is 6.01. The molecule has 7 heteroatoms. The van der Waals surface area contributed by atoms with E-state index in [0.29, 0.717) is 35.2 Å². The number of ether oxygens (including phenoxy) is 2. The lowest BCUT2D eigenvalue weighted by Gasteiger charge is -2.21. The van der Waals surface area contributed by atoms with Gasteiger partial charge in [-0.3, -0.25) is 9.59 Å². The highest BCUT2D eigenvalue weighted by Gasteiger charge is 2.43. The van der Waals surface area contributed by atoms with Gasteiger partial charge < -0.3 is 19.7 Å². The van der Waals surface area contributed by atoms with Crippen molar-refractivity contribution in [2.75, 3.05) is 27.3 Å². The number of methoxy groups -OCH3 is 2. The molecule has 2 atom stereocenters. The van der Waals surface area contributed by atoms with E-state index >= 15 is 0 Å². The number of carbonyl (C=O) groups excluding carboxylic acids is 2. The van der Waals surface area contributed by atoms with Crippen LogP contribution in [0.25, 0.3) is 0 Å². The second-order valence-electron chi connectivity index (χ2n) is 7.82. The quantitative estimate of drug-likeness (QED) is 0.764. The summed E-state index contributed by atoms with van der Waals surface area (Å²) in [5, 5.41) is 3.61. The molecular weight excluding hydrogens is 404 g/mol. The average molecular weight is 429 g/mol. The molecule has 0 bridgehead atoms. The second-order valence-corrected chi connectivity index (χ2v) is 8.26. The molecule has 1 saturated heterocycles. The largest absolute Gasteiger partial charge is 0.497 e. The molecule has 0 unspecified atom stereocenters. The van der Waals surface area contributed by atoms with Gasteiger partial charge in [0.05, 0.1) is 20.1 Å². The molecule has 158 valence electrons. The Hall–Kier alpha value is -2.73. The first-order valence-electron chi connectivity index (χ1n) is 10.1. The number of nitrogens with zero attached hydrogens (tertiary/aromatic N) is 1. The highest BCUT2D eigenvalue weighted by Crippen LogP contribution is 2.40. The van der Waals surface area contributed by atoms with Gasteiger partial charge in [0.2, 0.25) is 5.91 Å². The minimum atomic E-state index is -0.351. The van der Waals surface area contributed by atoms with Crippen LogP contribution in [0.2, 0.25) is 5.02 Å². The summed E-state index contributed by atoms with van der Waals surface area (Å²) in [6.07, 6.45) is 2.03. The first-order chi connectivity index (χ1) is 14.5. The summed E-state index contributed by atoms with van der Waals surface area (Å²) >= 11 is 6.07. The zero-order valence-electron chi connectivity index (χ0n) is 17.1. The molecule has 2 aromatic rings. The summed E-state index contributed by atoms with van der Waals surface area (Å²) in [5.74, 6) is 0.669. The molecule has 0 aromatic heterocycles. The van der Waals surface area contributed by atoms with E-state index in [1.54, 1.807) is 43.4 Å². The van der Waals surface area contributed by atoms with Crippen molar-refractivity contribution in [1.82, 2.24) is 10.2 Å². The number of benzene rings is 2. The molecule has 1 heterocycles. The average Bonchev–Trinajstić information content (AvgIpc) is 3.46. The predicted molar refractivity (Wildman–Crippen MR) is 114 cm³/mol. The number of nitrogens with one attached hydrogen (secondary N) is 1. The van der Waals surface area contributed by atoms with Gasteiger partial charge in [0.25, 0.3) is 5.91 Å². The molecule has 4 rings (SSSR count). The Bertz CT molecular complexity index is 960. The molecule has 1 saturated carbocycles. The molecular formula is C23H25ClN2O4. The number of halogens is 1. The first-order valence-corrected chi connectivity index (χ1v) is 10.4. The third-order valence-electron chi connectivity index (χ3n) is 5.78. The summed E-state index contributed by atoms with van der Waals surface area (Å²) in [4.78, 5) is 27.9. The molecule has 0 radical (unpaired) electrons. The van der Waals surface area contributed by atoms with E-state index in [-0.39, 0.29) is 29.7 Å². The molecule has 0 spiro atoms. The van der Waals surface area contributed by atoms with Gasteiger partial charge in [-0.25, -0.2) is 0 Å². The molecule has 2 aliphatic rings. The fraction of sp³-hybridized carbons (Fsp3) is 0.391. The molecule has 2 fully saturated rings. The van der Waals surface area contributed by atoms with Gasteiger partial charge in [0.1, 0.15) is 11.5 Å². The van der Waals surface area contributed by atoms with Crippen molar-refractivity contribution in [2.45, 2.75) is 24.8 Å². The van der Waals surface area contributed by atoms with Gasteiger partial charge >= 0.3 is 0 Å². The summed E-state index contributed by atoms with van der Waals surface area (Å²) in [6, 6.07) is 12.7. The van der Waals surface area contributed by atoms with Crippen LogP contribution in [0.3, 0.4) is 0 Å². The maximum Gasteiger partial charge on any atom is 0.253 e. The highest BCUT2D eigenvalue weighted by atomic mass is 35.5. The summed E-state index contributed by atoms with van der Waals surface area (Å²) in [5.41, 5.74) is 1.42. The first kappa shape index (κ1) is 20.5. The van der Waals surface area contributed by atoms with Gasteiger partial charge in [-0.15, -0.1) is 0 Å². The highest BCUT2D eigenvalue weighted by molar-refractivity contribution is 6.30. The monoisotopic (exact) mass is 428 g/mol. The van der Waals surface area contributed by atoms with E-state index in [9.17, 15) is 9.59 Å². The van der Waals surface area contributed by atoms with Crippen LogP contribution in [0, 0.1) is 5.92 Å². The molecule has 30 heavy (non-hydrogen) atoms. The minimum Gasteiger partial charge on any atom is -0.497 e. The van der Waals surface area contributed by atoms with Crippen LogP contribution in [0.1, 0.15) is 34.7 Å². The maximum absolute atomic E-state index is 13.1. The van der Waals surface area contributed by atoms with E-state index in [1.165, 1.54) is 0 Å². The van der Waals surface area contributed by atoms with Gasteiger partial charge in [0, 0.05) is 47.3 Å². The Morgan fingerprint density at radius 3 is 2.53 bits per heavy atom. The van der Waals surface area contributed by atoms with Crippen molar-refractivity contribution < 1.29 is 19.1 Å². The number of hydrogen-bond donors (Lipinski definition) is 1. The molecule has 1 aliphatic heterocycles. The molecule has 6 nitrogen and oxygen atoms in total. The Morgan fingerprint density at radius 2 is 1.87 bits per heavy atom. The van der Waals surface area contributed by atoms with Crippen LogP contribution >= 0.6 is 11.6 Å². The van der Waals surface area contributed by atoms with Crippen LogP contribution in [-0.2, 0) is 4.79 Å². The predicted octanol–water partition coefficient (Wildman–Crippen LogP) is 3.49. The normalized spacial score (nSPS) is 20.7. The smallest absolute Gasteiger partial charge is 0.253 e. The van der Waals surface area contributed by atoms with Crippen LogP contribution in [-0.4, -0.2) is 50.1 Å². The number of rotatable bonds is 6. The molecule has 2 aromatic carbocycles. The topological polar surface area (TPSA) is 67.9 Å². The Kier molecular flexibility index (Phi) is 5.86. The van der Waals surface area contributed by atoms with E-state index in [4.69, 9.17) is 21.1 Å². The Labute approximate surface area is 181 Å².